The lowest BCUT2D eigenvalue weighted by Gasteiger charge is -2.26. The lowest BCUT2D eigenvalue weighted by atomic mass is 10.2. The van der Waals surface area contributed by atoms with Crippen LogP contribution in [0.1, 0.15) is 12.8 Å². The number of sulfonamides is 1. The summed E-state index contributed by atoms with van der Waals surface area (Å²) in [6.07, 6.45) is 2.28. The van der Waals surface area contributed by atoms with Gasteiger partial charge in [0.25, 0.3) is 5.91 Å². The minimum absolute atomic E-state index is 0.0584. The van der Waals surface area contributed by atoms with E-state index in [4.69, 9.17) is 9.47 Å². The summed E-state index contributed by atoms with van der Waals surface area (Å²) in [5.41, 5.74) is 0.539. The molecule has 1 N–H and O–H groups in total. The number of hydrogen-bond acceptors (Lipinski definition) is 6. The quantitative estimate of drug-likeness (QED) is 0.721. The highest BCUT2D eigenvalue weighted by Gasteiger charge is 2.36. The molecule has 2 amide bonds. The zero-order valence-electron chi connectivity index (χ0n) is 15.8. The molecule has 28 heavy (non-hydrogen) atoms. The predicted molar refractivity (Wildman–Crippen MR) is 103 cm³/mol. The van der Waals surface area contributed by atoms with Crippen LogP contribution >= 0.6 is 0 Å². The molecule has 0 spiro atoms. The van der Waals surface area contributed by atoms with Crippen LogP contribution in [-0.4, -0.2) is 81.2 Å². The normalized spacial score (nSPS) is 20.8. The number of amides is 2. The topological polar surface area (TPSA) is 105 Å². The van der Waals surface area contributed by atoms with E-state index in [1.807, 2.05) is 0 Å². The van der Waals surface area contributed by atoms with Crippen molar-refractivity contribution >= 4 is 27.5 Å². The number of ether oxygens (including phenoxy) is 2. The molecule has 0 aliphatic carbocycles. The average molecular weight is 411 g/mol. The number of benzene rings is 1. The predicted octanol–water partition coefficient (Wildman–Crippen LogP) is 0.287. The fourth-order valence-corrected chi connectivity index (χ4v) is 4.43. The Balaban J connectivity index is 1.51. The first kappa shape index (κ1) is 20.6. The number of carbonyl (C=O) groups excluding carboxylic acids is 2. The second-order valence-electron chi connectivity index (χ2n) is 6.83. The highest BCUT2D eigenvalue weighted by Crippen LogP contribution is 2.22. The van der Waals surface area contributed by atoms with Crippen molar-refractivity contribution in [1.29, 1.82) is 0 Å². The molecule has 154 valence electrons. The third-order valence-electron chi connectivity index (χ3n) is 4.78. The van der Waals surface area contributed by atoms with Crippen LogP contribution in [-0.2, 0) is 24.3 Å². The van der Waals surface area contributed by atoms with Crippen molar-refractivity contribution in [2.24, 2.45) is 0 Å². The molecule has 9 nitrogen and oxygen atoms in total. The van der Waals surface area contributed by atoms with Gasteiger partial charge in [-0.2, -0.15) is 4.31 Å². The number of nitrogens with zero attached hydrogens (tertiary/aromatic N) is 2. The molecule has 3 rings (SSSR count). The van der Waals surface area contributed by atoms with E-state index < -0.39 is 16.1 Å². The SMILES string of the molecule is CS(=O)(=O)N1CCC[C@H]1C(=O)Nc1ccc(OCC(=O)N2CCOCC2)cc1. The van der Waals surface area contributed by atoms with E-state index in [0.717, 1.165) is 6.26 Å². The van der Waals surface area contributed by atoms with Gasteiger partial charge in [-0.25, -0.2) is 8.42 Å². The summed E-state index contributed by atoms with van der Waals surface area (Å²) < 4.78 is 35.5. The van der Waals surface area contributed by atoms with Gasteiger partial charge >= 0.3 is 0 Å². The van der Waals surface area contributed by atoms with E-state index in [-0.39, 0.29) is 18.4 Å². The van der Waals surface area contributed by atoms with Crippen molar-refractivity contribution in [1.82, 2.24) is 9.21 Å². The van der Waals surface area contributed by atoms with Gasteiger partial charge in [0.15, 0.2) is 6.61 Å². The highest BCUT2D eigenvalue weighted by molar-refractivity contribution is 7.88. The molecule has 1 aromatic carbocycles. The van der Waals surface area contributed by atoms with Crippen LogP contribution in [0.4, 0.5) is 5.69 Å². The zero-order valence-corrected chi connectivity index (χ0v) is 16.6. The molecule has 0 unspecified atom stereocenters. The smallest absolute Gasteiger partial charge is 0.260 e. The van der Waals surface area contributed by atoms with Crippen LogP contribution in [0.25, 0.3) is 0 Å². The minimum atomic E-state index is -3.41. The Labute approximate surface area is 164 Å². The number of nitrogens with one attached hydrogen (secondary N) is 1. The maximum Gasteiger partial charge on any atom is 0.260 e. The molecule has 1 atom stereocenters. The van der Waals surface area contributed by atoms with Crippen molar-refractivity contribution in [3.8, 4) is 5.75 Å². The molecule has 2 heterocycles. The van der Waals surface area contributed by atoms with Gasteiger partial charge in [0, 0.05) is 25.3 Å². The second kappa shape index (κ2) is 8.89. The van der Waals surface area contributed by atoms with Crippen molar-refractivity contribution in [3.05, 3.63) is 24.3 Å². The standard InChI is InChI=1S/C18H25N3O6S/c1-28(24,25)21-8-2-3-16(21)18(23)19-14-4-6-15(7-5-14)27-13-17(22)20-9-11-26-12-10-20/h4-7,16H,2-3,8-13H2,1H3,(H,19,23)/t16-/m0/s1. The van der Waals surface area contributed by atoms with E-state index >= 15 is 0 Å². The summed E-state index contributed by atoms with van der Waals surface area (Å²) in [5, 5.41) is 2.74. The van der Waals surface area contributed by atoms with Crippen molar-refractivity contribution in [3.63, 3.8) is 0 Å². The Morgan fingerprint density at radius 1 is 1.18 bits per heavy atom. The maximum absolute atomic E-state index is 12.4. The van der Waals surface area contributed by atoms with Crippen LogP contribution in [0.3, 0.4) is 0 Å². The van der Waals surface area contributed by atoms with Gasteiger partial charge in [-0.05, 0) is 37.1 Å². The molecule has 0 bridgehead atoms. The third-order valence-corrected chi connectivity index (χ3v) is 6.07. The molecule has 2 aliphatic rings. The summed E-state index contributed by atoms with van der Waals surface area (Å²) in [4.78, 5) is 26.2. The fourth-order valence-electron chi connectivity index (χ4n) is 3.31. The average Bonchev–Trinajstić information content (AvgIpc) is 3.18. The summed E-state index contributed by atoms with van der Waals surface area (Å²) in [6.45, 7) is 2.52. The fraction of sp³-hybridized carbons (Fsp3) is 0.556. The molecule has 2 fully saturated rings. The van der Waals surface area contributed by atoms with E-state index in [9.17, 15) is 18.0 Å². The van der Waals surface area contributed by atoms with Gasteiger partial charge in [-0.1, -0.05) is 0 Å². The van der Waals surface area contributed by atoms with Crippen molar-refractivity contribution in [2.45, 2.75) is 18.9 Å². The first-order chi connectivity index (χ1) is 13.3. The Morgan fingerprint density at radius 2 is 1.86 bits per heavy atom. The first-order valence-electron chi connectivity index (χ1n) is 9.20. The van der Waals surface area contributed by atoms with Crippen LogP contribution < -0.4 is 10.1 Å². The summed E-state index contributed by atoms with van der Waals surface area (Å²) in [5.74, 6) is 0.0695. The largest absolute Gasteiger partial charge is 0.484 e. The molecular weight excluding hydrogens is 386 g/mol. The first-order valence-corrected chi connectivity index (χ1v) is 11.1. The minimum Gasteiger partial charge on any atom is -0.484 e. The third kappa shape index (κ3) is 5.21. The number of hydrogen-bond donors (Lipinski definition) is 1. The van der Waals surface area contributed by atoms with Gasteiger partial charge in [-0.3, -0.25) is 9.59 Å². The summed E-state index contributed by atoms with van der Waals surface area (Å²) in [7, 11) is -3.41. The molecule has 1 aromatic rings. The lowest BCUT2D eigenvalue weighted by molar-refractivity contribution is -0.137. The molecule has 10 heteroatoms. The van der Waals surface area contributed by atoms with Crippen LogP contribution in [0, 0.1) is 0 Å². The molecule has 0 aromatic heterocycles. The number of rotatable bonds is 6. The molecule has 0 radical (unpaired) electrons. The molecule has 0 saturated carbocycles. The Hall–Kier alpha value is -2.17. The van der Waals surface area contributed by atoms with Gasteiger partial charge in [0.1, 0.15) is 11.8 Å². The lowest BCUT2D eigenvalue weighted by Crippen LogP contribution is -2.43. The van der Waals surface area contributed by atoms with Crippen molar-refractivity contribution < 1.29 is 27.5 Å². The molecule has 2 saturated heterocycles. The van der Waals surface area contributed by atoms with Gasteiger partial charge < -0.3 is 19.7 Å². The van der Waals surface area contributed by atoms with E-state index in [1.165, 1.54) is 4.31 Å². The summed E-state index contributed by atoms with van der Waals surface area (Å²) >= 11 is 0. The van der Waals surface area contributed by atoms with E-state index in [1.54, 1.807) is 29.2 Å². The highest BCUT2D eigenvalue weighted by atomic mass is 32.2. The second-order valence-corrected chi connectivity index (χ2v) is 8.76. The Bertz CT molecular complexity index is 805. The monoisotopic (exact) mass is 411 g/mol. The van der Waals surface area contributed by atoms with Crippen LogP contribution in [0.15, 0.2) is 24.3 Å². The number of morpholine rings is 1. The summed E-state index contributed by atoms with van der Waals surface area (Å²) in [6, 6.07) is 5.95. The zero-order chi connectivity index (χ0) is 20.1. The van der Waals surface area contributed by atoms with E-state index in [0.29, 0.717) is 57.1 Å². The number of carbonyl (C=O) groups is 2. The van der Waals surface area contributed by atoms with Gasteiger partial charge in [-0.15, -0.1) is 0 Å². The van der Waals surface area contributed by atoms with Crippen LogP contribution in [0.2, 0.25) is 0 Å². The maximum atomic E-state index is 12.4. The Morgan fingerprint density at radius 3 is 2.50 bits per heavy atom. The van der Waals surface area contributed by atoms with E-state index in [2.05, 4.69) is 5.32 Å². The van der Waals surface area contributed by atoms with Gasteiger partial charge in [0.2, 0.25) is 15.9 Å². The van der Waals surface area contributed by atoms with Crippen molar-refractivity contribution in [2.75, 3.05) is 51.0 Å². The Kier molecular flexibility index (Phi) is 6.53. The number of anilines is 1. The van der Waals surface area contributed by atoms with Crippen LogP contribution in [0.5, 0.6) is 5.75 Å². The molecule has 2 aliphatic heterocycles. The molecular formula is C18H25N3O6S. The van der Waals surface area contributed by atoms with Gasteiger partial charge in [0.05, 0.1) is 19.5 Å².